The van der Waals surface area contributed by atoms with Gasteiger partial charge in [0.2, 0.25) is 0 Å². The van der Waals surface area contributed by atoms with Gasteiger partial charge in [0, 0.05) is 16.2 Å². The molecule has 0 aromatic rings. The van der Waals surface area contributed by atoms with E-state index in [4.69, 9.17) is 0 Å². The topological polar surface area (TPSA) is 74.6 Å². The van der Waals surface area contributed by atoms with E-state index in [9.17, 15) is 19.8 Å². The van der Waals surface area contributed by atoms with Gasteiger partial charge in [-0.05, 0) is 69.4 Å². The van der Waals surface area contributed by atoms with Gasteiger partial charge >= 0.3 is 0 Å². The Morgan fingerprint density at radius 3 is 2.54 bits per heavy atom. The number of hydrogen-bond donors (Lipinski definition) is 2. The van der Waals surface area contributed by atoms with Gasteiger partial charge in [-0.1, -0.05) is 25.5 Å². The number of fused-ring (bicyclic) bond motifs is 2. The first-order valence-corrected chi connectivity index (χ1v) is 10.4. The highest BCUT2D eigenvalue weighted by molar-refractivity contribution is 6.01. The number of aliphatic hydroxyl groups excluding tert-OH is 1. The van der Waals surface area contributed by atoms with Gasteiger partial charge in [-0.25, -0.2) is 4.39 Å². The lowest BCUT2D eigenvalue weighted by atomic mass is 9.43. The third-order valence-corrected chi connectivity index (χ3v) is 10.0. The maximum atomic E-state index is 17.3. The maximum Gasteiger partial charge on any atom is 0.178 e. The van der Waals surface area contributed by atoms with E-state index in [0.717, 1.165) is 5.57 Å². The molecule has 5 heteroatoms. The van der Waals surface area contributed by atoms with Crippen LogP contribution in [0.3, 0.4) is 0 Å². The molecule has 0 bridgehead atoms. The van der Waals surface area contributed by atoms with E-state index in [0.29, 0.717) is 25.7 Å². The zero-order valence-electron chi connectivity index (χ0n) is 17.0. The first kappa shape index (κ1) is 18.7. The molecule has 0 saturated heterocycles. The molecule has 0 amide bonds. The highest BCUT2D eigenvalue weighted by Gasteiger charge is 2.93. The van der Waals surface area contributed by atoms with E-state index in [1.807, 2.05) is 20.8 Å². The third-order valence-electron chi connectivity index (χ3n) is 10.0. The molecule has 28 heavy (non-hydrogen) atoms. The number of alkyl halides is 1. The molecule has 5 aliphatic carbocycles. The average Bonchev–Trinajstić information content (AvgIpc) is 3.23. The minimum absolute atomic E-state index is 0.00252. The monoisotopic (exact) mass is 388 g/mol. The van der Waals surface area contributed by atoms with Crippen LogP contribution in [0.5, 0.6) is 0 Å². The zero-order chi connectivity index (χ0) is 20.5. The number of carbonyl (C=O) groups is 2. The fourth-order valence-electron chi connectivity index (χ4n) is 8.69. The standard InChI is InChI=1S/C23H29FO4/c1-13-10-21-12-20(21)7-8-22(28,14(2)25)19(20,4)11-17(27)23(21,24)18(3)6-5-15(26)9-16(13)18/h5-6,9,13,17,27-28H,7-8,10-12H2,1-4H3/t13-,17+,18+,19-,20-,21+,22+,23+/m1/s1. The lowest BCUT2D eigenvalue weighted by molar-refractivity contribution is -0.220. The SMILES string of the molecule is CC(=O)[C@@]1(O)CC[C@]23C[C@@]24C[C@@H](C)C2=CC(=O)C=C[C@]2(C)[C@@]4(F)[C@@H](O)C[C@]31C. The molecule has 0 aromatic heterocycles. The smallest absolute Gasteiger partial charge is 0.178 e. The van der Waals surface area contributed by atoms with Crippen molar-refractivity contribution in [1.82, 2.24) is 0 Å². The van der Waals surface area contributed by atoms with Gasteiger partial charge in [-0.3, -0.25) is 9.59 Å². The number of aliphatic hydroxyl groups is 2. The predicted molar refractivity (Wildman–Crippen MR) is 101 cm³/mol. The minimum Gasteiger partial charge on any atom is -0.390 e. The molecule has 0 aromatic carbocycles. The summed E-state index contributed by atoms with van der Waals surface area (Å²) < 4.78 is 17.3. The number of halogens is 1. The van der Waals surface area contributed by atoms with E-state index in [1.165, 1.54) is 13.0 Å². The number of rotatable bonds is 1. The molecular formula is C23H29FO4. The fraction of sp³-hybridized carbons (Fsp3) is 0.739. The Morgan fingerprint density at radius 1 is 1.21 bits per heavy atom. The molecule has 0 radical (unpaired) electrons. The summed E-state index contributed by atoms with van der Waals surface area (Å²) in [6, 6.07) is 0. The first-order chi connectivity index (χ1) is 12.9. The molecule has 0 heterocycles. The molecular weight excluding hydrogens is 359 g/mol. The molecule has 0 unspecified atom stereocenters. The average molecular weight is 388 g/mol. The lowest BCUT2D eigenvalue weighted by Crippen LogP contribution is -2.69. The largest absolute Gasteiger partial charge is 0.390 e. The van der Waals surface area contributed by atoms with Gasteiger partial charge < -0.3 is 10.2 Å². The molecule has 4 saturated carbocycles. The number of allylic oxidation sites excluding steroid dienone is 4. The summed E-state index contributed by atoms with van der Waals surface area (Å²) >= 11 is 0. The molecule has 2 spiro atoms. The molecule has 4 nitrogen and oxygen atoms in total. The van der Waals surface area contributed by atoms with Crippen LogP contribution in [-0.4, -0.2) is 39.2 Å². The van der Waals surface area contributed by atoms with E-state index in [-0.39, 0.29) is 23.9 Å². The van der Waals surface area contributed by atoms with Crippen molar-refractivity contribution in [1.29, 1.82) is 0 Å². The molecule has 2 N–H and O–H groups in total. The molecule has 5 aliphatic rings. The van der Waals surface area contributed by atoms with Gasteiger partial charge in [-0.15, -0.1) is 0 Å². The van der Waals surface area contributed by atoms with Crippen LogP contribution >= 0.6 is 0 Å². The van der Waals surface area contributed by atoms with Crippen molar-refractivity contribution < 1.29 is 24.2 Å². The van der Waals surface area contributed by atoms with Crippen LogP contribution in [0, 0.1) is 27.6 Å². The van der Waals surface area contributed by atoms with Crippen molar-refractivity contribution in [3.63, 3.8) is 0 Å². The van der Waals surface area contributed by atoms with Crippen molar-refractivity contribution in [2.24, 2.45) is 27.6 Å². The second-order valence-electron chi connectivity index (χ2n) is 10.7. The summed E-state index contributed by atoms with van der Waals surface area (Å²) in [5.74, 6) is -0.416. The summed E-state index contributed by atoms with van der Waals surface area (Å²) in [5, 5.41) is 22.6. The van der Waals surface area contributed by atoms with Gasteiger partial charge in [0.05, 0.1) is 6.10 Å². The van der Waals surface area contributed by atoms with E-state index in [1.54, 1.807) is 12.2 Å². The predicted octanol–water partition coefficient (Wildman–Crippen LogP) is 3.07. The van der Waals surface area contributed by atoms with Crippen LogP contribution in [0.1, 0.15) is 59.8 Å². The number of Topliss-reactive ketones (excluding diaryl/α,β-unsaturated/α-hetero) is 1. The Balaban J connectivity index is 1.73. The van der Waals surface area contributed by atoms with E-state index < -0.39 is 39.0 Å². The number of carbonyl (C=O) groups excluding carboxylic acids is 2. The number of ketones is 2. The van der Waals surface area contributed by atoms with Crippen molar-refractivity contribution in [3.05, 3.63) is 23.8 Å². The molecule has 0 aliphatic heterocycles. The fourth-order valence-corrected chi connectivity index (χ4v) is 8.69. The summed E-state index contributed by atoms with van der Waals surface area (Å²) in [6.45, 7) is 7.13. The molecule has 152 valence electrons. The Kier molecular flexibility index (Phi) is 3.13. The van der Waals surface area contributed by atoms with Gasteiger partial charge in [0.15, 0.2) is 17.2 Å². The van der Waals surface area contributed by atoms with E-state index >= 15 is 4.39 Å². The van der Waals surface area contributed by atoms with E-state index in [2.05, 4.69) is 0 Å². The van der Waals surface area contributed by atoms with Crippen LogP contribution in [0.4, 0.5) is 4.39 Å². The molecule has 8 atom stereocenters. The molecule has 4 fully saturated rings. The highest BCUT2D eigenvalue weighted by atomic mass is 19.1. The quantitative estimate of drug-likeness (QED) is 0.724. The van der Waals surface area contributed by atoms with Crippen LogP contribution in [0.25, 0.3) is 0 Å². The van der Waals surface area contributed by atoms with Crippen molar-refractivity contribution in [3.8, 4) is 0 Å². The van der Waals surface area contributed by atoms with Crippen molar-refractivity contribution >= 4 is 11.6 Å². The second kappa shape index (κ2) is 4.70. The summed E-state index contributed by atoms with van der Waals surface area (Å²) in [4.78, 5) is 24.5. The maximum absolute atomic E-state index is 17.3. The highest BCUT2D eigenvalue weighted by Crippen LogP contribution is 2.92. The van der Waals surface area contributed by atoms with Gasteiger partial charge in [-0.2, -0.15) is 0 Å². The van der Waals surface area contributed by atoms with Gasteiger partial charge in [0.1, 0.15) is 5.60 Å². The summed E-state index contributed by atoms with van der Waals surface area (Å²) in [6.07, 6.45) is 5.42. The normalized spacial score (nSPS) is 59.0. The summed E-state index contributed by atoms with van der Waals surface area (Å²) in [5.41, 5.74) is -5.85. The first-order valence-electron chi connectivity index (χ1n) is 10.4. The van der Waals surface area contributed by atoms with Crippen LogP contribution < -0.4 is 0 Å². The Morgan fingerprint density at radius 2 is 1.89 bits per heavy atom. The second-order valence-corrected chi connectivity index (χ2v) is 10.7. The Bertz CT molecular complexity index is 893. The van der Waals surface area contributed by atoms with Crippen LogP contribution in [0.15, 0.2) is 23.8 Å². The van der Waals surface area contributed by atoms with Crippen LogP contribution in [-0.2, 0) is 9.59 Å². The Hall–Kier alpha value is -1.33. The summed E-state index contributed by atoms with van der Waals surface area (Å²) in [7, 11) is 0. The molecule has 5 rings (SSSR count). The van der Waals surface area contributed by atoms with Crippen molar-refractivity contribution in [2.75, 3.05) is 0 Å². The van der Waals surface area contributed by atoms with Crippen molar-refractivity contribution in [2.45, 2.75) is 77.2 Å². The van der Waals surface area contributed by atoms with Gasteiger partial charge in [0.25, 0.3) is 0 Å². The minimum atomic E-state index is -1.92. The van der Waals surface area contributed by atoms with Crippen LogP contribution in [0.2, 0.25) is 0 Å². The Labute approximate surface area is 164 Å². The number of hydrogen-bond acceptors (Lipinski definition) is 4. The third kappa shape index (κ3) is 1.48. The zero-order valence-corrected chi connectivity index (χ0v) is 17.0. The lowest BCUT2D eigenvalue weighted by Gasteiger charge is -2.63.